The molecule has 1 atom stereocenters. The van der Waals surface area contributed by atoms with E-state index >= 15 is 0 Å². The molecule has 0 spiro atoms. The van der Waals surface area contributed by atoms with Crippen LogP contribution in [0.1, 0.15) is 24.1 Å². The molecule has 120 valence electrons. The first-order valence-corrected chi connectivity index (χ1v) is 9.45. The summed E-state index contributed by atoms with van der Waals surface area (Å²) >= 11 is 1.89. The highest BCUT2D eigenvalue weighted by Crippen LogP contribution is 2.23. The summed E-state index contributed by atoms with van der Waals surface area (Å²) in [7, 11) is 0. The van der Waals surface area contributed by atoms with Gasteiger partial charge in [-0.05, 0) is 24.2 Å². The fourth-order valence-electron chi connectivity index (χ4n) is 3.65. The summed E-state index contributed by atoms with van der Waals surface area (Å²) in [5.74, 6) is 2.62. The van der Waals surface area contributed by atoms with Crippen molar-refractivity contribution in [1.29, 1.82) is 0 Å². The summed E-state index contributed by atoms with van der Waals surface area (Å²) in [6.45, 7) is 4.89. The maximum Gasteiger partial charge on any atom is 0.267 e. The topological polar surface area (TPSA) is 47.4 Å². The Morgan fingerprint density at radius 3 is 3.09 bits per heavy atom. The van der Waals surface area contributed by atoms with E-state index in [1.54, 1.807) is 10.7 Å². The van der Waals surface area contributed by atoms with Crippen LogP contribution in [0.4, 0.5) is 0 Å². The van der Waals surface area contributed by atoms with Gasteiger partial charge in [-0.3, -0.25) is 9.69 Å². The molecule has 5 nitrogen and oxygen atoms in total. The van der Waals surface area contributed by atoms with Gasteiger partial charge in [0.15, 0.2) is 0 Å². The van der Waals surface area contributed by atoms with Crippen LogP contribution in [0.3, 0.4) is 0 Å². The van der Waals surface area contributed by atoms with Crippen LogP contribution in [-0.2, 0) is 23.5 Å². The van der Waals surface area contributed by atoms with Crippen LogP contribution >= 0.6 is 11.8 Å². The molecule has 1 unspecified atom stereocenters. The largest absolute Gasteiger partial charge is 0.377 e. The van der Waals surface area contributed by atoms with Crippen molar-refractivity contribution in [3.05, 3.63) is 27.7 Å². The van der Waals surface area contributed by atoms with Gasteiger partial charge in [0, 0.05) is 50.4 Å². The van der Waals surface area contributed by atoms with Crippen LogP contribution in [0, 0.1) is 5.92 Å². The summed E-state index contributed by atoms with van der Waals surface area (Å²) in [4.78, 5) is 14.6. The SMILES string of the molecule is O=c1cc2c(nn1CC1CN(CC3CCCO3)C1)CCSC2. The normalized spacial score (nSPS) is 25.9. The first-order chi connectivity index (χ1) is 10.8. The smallest absolute Gasteiger partial charge is 0.267 e. The molecule has 0 amide bonds. The second kappa shape index (κ2) is 6.34. The molecular weight excluding hydrogens is 298 g/mol. The molecule has 0 aliphatic carbocycles. The average molecular weight is 321 g/mol. The number of nitrogens with zero attached hydrogens (tertiary/aromatic N) is 3. The van der Waals surface area contributed by atoms with E-state index in [9.17, 15) is 4.79 Å². The van der Waals surface area contributed by atoms with Crippen molar-refractivity contribution < 1.29 is 4.74 Å². The molecule has 3 aliphatic heterocycles. The molecule has 0 bridgehead atoms. The van der Waals surface area contributed by atoms with Crippen molar-refractivity contribution in [2.45, 2.75) is 37.7 Å². The summed E-state index contributed by atoms with van der Waals surface area (Å²) in [5, 5.41) is 4.61. The predicted octanol–water partition coefficient (Wildman–Crippen LogP) is 1.14. The molecule has 4 rings (SSSR count). The van der Waals surface area contributed by atoms with Crippen LogP contribution in [0.2, 0.25) is 0 Å². The molecule has 0 aromatic carbocycles. The third-order valence-corrected chi connectivity index (χ3v) is 5.86. The molecule has 0 N–H and O–H groups in total. The zero-order valence-electron chi connectivity index (χ0n) is 12.9. The predicted molar refractivity (Wildman–Crippen MR) is 87.3 cm³/mol. The monoisotopic (exact) mass is 321 g/mol. The summed E-state index contributed by atoms with van der Waals surface area (Å²) in [6, 6.07) is 1.80. The van der Waals surface area contributed by atoms with Crippen LogP contribution in [0.15, 0.2) is 10.9 Å². The van der Waals surface area contributed by atoms with Crippen molar-refractivity contribution in [2.75, 3.05) is 32.0 Å². The summed E-state index contributed by atoms with van der Waals surface area (Å²) in [5.41, 5.74) is 2.35. The highest BCUT2D eigenvalue weighted by Gasteiger charge is 2.30. The second-order valence-corrected chi connectivity index (χ2v) is 7.76. The first kappa shape index (κ1) is 14.7. The van der Waals surface area contributed by atoms with E-state index < -0.39 is 0 Å². The van der Waals surface area contributed by atoms with Crippen LogP contribution in [0.5, 0.6) is 0 Å². The number of hydrogen-bond acceptors (Lipinski definition) is 5. The van der Waals surface area contributed by atoms with Gasteiger partial charge in [0.05, 0.1) is 18.3 Å². The molecule has 6 heteroatoms. The minimum atomic E-state index is 0.0684. The van der Waals surface area contributed by atoms with Gasteiger partial charge in [-0.15, -0.1) is 0 Å². The van der Waals surface area contributed by atoms with E-state index in [1.807, 2.05) is 11.8 Å². The fraction of sp³-hybridized carbons (Fsp3) is 0.750. The molecular formula is C16H23N3O2S. The fourth-order valence-corrected chi connectivity index (χ4v) is 4.60. The molecule has 1 aromatic heterocycles. The number of thioether (sulfide) groups is 1. The number of aromatic nitrogens is 2. The van der Waals surface area contributed by atoms with E-state index in [0.717, 1.165) is 62.0 Å². The Kier molecular flexibility index (Phi) is 4.24. The zero-order valence-corrected chi connectivity index (χ0v) is 13.7. The Balaban J connectivity index is 1.33. The Morgan fingerprint density at radius 2 is 2.27 bits per heavy atom. The number of fused-ring (bicyclic) bond motifs is 1. The minimum absolute atomic E-state index is 0.0684. The number of ether oxygens (including phenoxy) is 1. The van der Waals surface area contributed by atoms with Crippen molar-refractivity contribution in [2.24, 2.45) is 5.92 Å². The molecule has 0 saturated carbocycles. The van der Waals surface area contributed by atoms with E-state index in [0.29, 0.717) is 12.0 Å². The highest BCUT2D eigenvalue weighted by atomic mass is 32.2. The Labute approximate surface area is 135 Å². The number of likely N-dealkylation sites (tertiary alicyclic amines) is 1. The molecule has 1 aromatic rings. The molecule has 4 heterocycles. The van der Waals surface area contributed by atoms with Crippen LogP contribution < -0.4 is 5.56 Å². The van der Waals surface area contributed by atoms with Gasteiger partial charge >= 0.3 is 0 Å². The third-order valence-electron chi connectivity index (χ3n) is 4.85. The molecule has 2 saturated heterocycles. The maximum atomic E-state index is 12.2. The lowest BCUT2D eigenvalue weighted by molar-refractivity contribution is 0.0177. The van der Waals surface area contributed by atoms with Crippen molar-refractivity contribution in [1.82, 2.24) is 14.7 Å². The highest BCUT2D eigenvalue weighted by molar-refractivity contribution is 7.98. The lowest BCUT2D eigenvalue weighted by Crippen LogP contribution is -2.51. The Morgan fingerprint density at radius 1 is 1.36 bits per heavy atom. The average Bonchev–Trinajstić information content (AvgIpc) is 2.98. The van der Waals surface area contributed by atoms with Gasteiger partial charge < -0.3 is 4.74 Å². The van der Waals surface area contributed by atoms with Crippen molar-refractivity contribution in [3.8, 4) is 0 Å². The number of aryl methyl sites for hydroxylation is 1. The molecule has 22 heavy (non-hydrogen) atoms. The Bertz CT molecular complexity index is 592. The van der Waals surface area contributed by atoms with Crippen LogP contribution in [0.25, 0.3) is 0 Å². The van der Waals surface area contributed by atoms with Gasteiger partial charge in [0.1, 0.15) is 0 Å². The zero-order chi connectivity index (χ0) is 14.9. The van der Waals surface area contributed by atoms with E-state index in [2.05, 4.69) is 10.00 Å². The van der Waals surface area contributed by atoms with Crippen molar-refractivity contribution >= 4 is 11.8 Å². The minimum Gasteiger partial charge on any atom is -0.377 e. The van der Waals surface area contributed by atoms with E-state index in [1.165, 1.54) is 12.8 Å². The molecule has 0 radical (unpaired) electrons. The molecule has 3 aliphatic rings. The quantitative estimate of drug-likeness (QED) is 0.832. The maximum absolute atomic E-state index is 12.2. The van der Waals surface area contributed by atoms with E-state index in [-0.39, 0.29) is 5.56 Å². The van der Waals surface area contributed by atoms with Crippen LogP contribution in [-0.4, -0.2) is 52.8 Å². The molecule has 2 fully saturated rings. The number of hydrogen-bond donors (Lipinski definition) is 0. The van der Waals surface area contributed by atoms with Gasteiger partial charge in [-0.2, -0.15) is 16.9 Å². The van der Waals surface area contributed by atoms with Gasteiger partial charge in [-0.25, -0.2) is 4.68 Å². The van der Waals surface area contributed by atoms with Gasteiger partial charge in [-0.1, -0.05) is 0 Å². The second-order valence-electron chi connectivity index (χ2n) is 6.66. The lowest BCUT2D eigenvalue weighted by atomic mass is 9.99. The van der Waals surface area contributed by atoms with Crippen molar-refractivity contribution in [3.63, 3.8) is 0 Å². The third kappa shape index (κ3) is 3.09. The van der Waals surface area contributed by atoms with Gasteiger partial charge in [0.25, 0.3) is 5.56 Å². The lowest BCUT2D eigenvalue weighted by Gasteiger charge is -2.40. The summed E-state index contributed by atoms with van der Waals surface area (Å²) in [6.07, 6.45) is 3.83. The standard InChI is InChI=1S/C16H23N3O2S/c20-16-6-13-11-22-5-3-15(13)17-19(16)9-12-7-18(8-12)10-14-2-1-4-21-14/h6,12,14H,1-5,7-11H2. The van der Waals surface area contributed by atoms with E-state index in [4.69, 9.17) is 4.74 Å². The number of rotatable bonds is 4. The summed E-state index contributed by atoms with van der Waals surface area (Å²) < 4.78 is 7.38. The Hall–Kier alpha value is -0.850. The first-order valence-electron chi connectivity index (χ1n) is 8.29. The van der Waals surface area contributed by atoms with Gasteiger partial charge in [0.2, 0.25) is 0 Å².